The summed E-state index contributed by atoms with van der Waals surface area (Å²) in [5.41, 5.74) is 0. The van der Waals surface area contributed by atoms with Crippen molar-refractivity contribution in [1.82, 2.24) is 10.6 Å². The normalized spacial score (nSPS) is 31.9. The lowest BCUT2D eigenvalue weighted by atomic mass is 10.0. The Labute approximate surface area is 103 Å². The van der Waals surface area contributed by atoms with Crippen LogP contribution in [0.3, 0.4) is 0 Å². The molecule has 2 unspecified atom stereocenters. The van der Waals surface area contributed by atoms with Gasteiger partial charge >= 0.3 is 0 Å². The molecule has 4 nitrogen and oxygen atoms in total. The third-order valence-corrected chi connectivity index (χ3v) is 3.64. The molecule has 0 aromatic heterocycles. The summed E-state index contributed by atoms with van der Waals surface area (Å²) in [4.78, 5) is 16.1. The van der Waals surface area contributed by atoms with Crippen LogP contribution in [0.4, 0.5) is 0 Å². The van der Waals surface area contributed by atoms with Crippen molar-refractivity contribution >= 4 is 12.2 Å². The standard InChI is InChI=1S/C13H23N3O/c17-13-11-8-6-4-2-1-3-5-7-9-12(16-11)14-10-15-13/h10-12,16H,1-9H2,(H,14,15,17). The van der Waals surface area contributed by atoms with E-state index in [0.29, 0.717) is 0 Å². The highest BCUT2D eigenvalue weighted by molar-refractivity contribution is 5.91. The molecule has 2 aliphatic rings. The average molecular weight is 237 g/mol. The second-order valence-electron chi connectivity index (χ2n) is 5.07. The Kier molecular flexibility index (Phi) is 4.98. The largest absolute Gasteiger partial charge is 0.316 e. The van der Waals surface area contributed by atoms with Crippen LogP contribution >= 0.6 is 0 Å². The molecule has 2 heterocycles. The zero-order valence-electron chi connectivity index (χ0n) is 10.5. The number of amides is 1. The van der Waals surface area contributed by atoms with Gasteiger partial charge < -0.3 is 5.32 Å². The third-order valence-electron chi connectivity index (χ3n) is 3.64. The van der Waals surface area contributed by atoms with Crippen molar-refractivity contribution in [2.24, 2.45) is 4.99 Å². The van der Waals surface area contributed by atoms with Crippen molar-refractivity contribution in [2.45, 2.75) is 70.0 Å². The lowest BCUT2D eigenvalue weighted by molar-refractivity contribution is -0.121. The van der Waals surface area contributed by atoms with Crippen molar-refractivity contribution in [3.05, 3.63) is 0 Å². The van der Waals surface area contributed by atoms with Crippen molar-refractivity contribution < 1.29 is 4.79 Å². The summed E-state index contributed by atoms with van der Waals surface area (Å²) in [6.45, 7) is 0. The van der Waals surface area contributed by atoms with E-state index in [1.54, 1.807) is 6.34 Å². The smallest absolute Gasteiger partial charge is 0.242 e. The van der Waals surface area contributed by atoms with Crippen LogP contribution in [0.15, 0.2) is 4.99 Å². The number of rotatable bonds is 0. The number of aliphatic imine (C=N–C) groups is 1. The highest BCUT2D eigenvalue weighted by Crippen LogP contribution is 2.15. The topological polar surface area (TPSA) is 53.5 Å². The zero-order chi connectivity index (χ0) is 11.9. The highest BCUT2D eigenvalue weighted by Gasteiger charge is 2.23. The molecule has 0 saturated carbocycles. The number of carbonyl (C=O) groups is 1. The van der Waals surface area contributed by atoms with E-state index in [2.05, 4.69) is 15.6 Å². The number of hydrogen-bond donors (Lipinski definition) is 2. The van der Waals surface area contributed by atoms with E-state index in [0.717, 1.165) is 19.3 Å². The summed E-state index contributed by atoms with van der Waals surface area (Å²) < 4.78 is 0. The first-order valence-electron chi connectivity index (χ1n) is 6.94. The first kappa shape index (κ1) is 12.6. The fourth-order valence-corrected chi connectivity index (χ4v) is 2.58. The maximum absolute atomic E-state index is 11.8. The van der Waals surface area contributed by atoms with Crippen LogP contribution in [0.1, 0.15) is 57.8 Å². The van der Waals surface area contributed by atoms with Gasteiger partial charge in [-0.2, -0.15) is 0 Å². The summed E-state index contributed by atoms with van der Waals surface area (Å²) in [7, 11) is 0. The molecule has 2 N–H and O–H groups in total. The molecule has 0 aromatic carbocycles. The van der Waals surface area contributed by atoms with Crippen LogP contribution in [0.2, 0.25) is 0 Å². The van der Waals surface area contributed by atoms with Gasteiger partial charge in [0.25, 0.3) is 0 Å². The van der Waals surface area contributed by atoms with Gasteiger partial charge in [0, 0.05) is 0 Å². The third kappa shape index (κ3) is 4.11. The Morgan fingerprint density at radius 3 is 2.41 bits per heavy atom. The molecular weight excluding hydrogens is 214 g/mol. The van der Waals surface area contributed by atoms with Crippen molar-refractivity contribution in [2.75, 3.05) is 0 Å². The first-order chi connectivity index (χ1) is 8.36. The predicted molar refractivity (Wildman–Crippen MR) is 68.9 cm³/mol. The molecule has 0 aliphatic carbocycles. The quantitative estimate of drug-likeness (QED) is 0.676. The van der Waals surface area contributed by atoms with E-state index in [-0.39, 0.29) is 18.1 Å². The molecule has 0 radical (unpaired) electrons. The Morgan fingerprint density at radius 1 is 1.00 bits per heavy atom. The summed E-state index contributed by atoms with van der Waals surface area (Å²) in [6, 6.07) is -0.0538. The summed E-state index contributed by atoms with van der Waals surface area (Å²) in [6.07, 6.45) is 12.6. The predicted octanol–water partition coefficient (Wildman–Crippen LogP) is 1.95. The van der Waals surface area contributed by atoms with Gasteiger partial charge in [-0.1, -0.05) is 38.5 Å². The van der Waals surface area contributed by atoms with E-state index in [9.17, 15) is 4.79 Å². The van der Waals surface area contributed by atoms with Crippen LogP contribution in [0.25, 0.3) is 0 Å². The fraction of sp³-hybridized carbons (Fsp3) is 0.846. The van der Waals surface area contributed by atoms with Crippen LogP contribution in [0, 0.1) is 0 Å². The molecular formula is C13H23N3O. The van der Waals surface area contributed by atoms with Gasteiger partial charge in [-0.25, -0.2) is 0 Å². The molecule has 1 amide bonds. The van der Waals surface area contributed by atoms with Crippen molar-refractivity contribution in [3.63, 3.8) is 0 Å². The second-order valence-corrected chi connectivity index (χ2v) is 5.07. The molecule has 1 fully saturated rings. The number of fused-ring (bicyclic) bond motifs is 2. The number of carbonyl (C=O) groups excluding carboxylic acids is 1. The van der Waals surface area contributed by atoms with E-state index in [1.807, 2.05) is 0 Å². The van der Waals surface area contributed by atoms with Crippen LogP contribution < -0.4 is 10.6 Å². The van der Waals surface area contributed by atoms with Crippen molar-refractivity contribution in [3.8, 4) is 0 Å². The monoisotopic (exact) mass is 237 g/mol. The number of nitrogens with one attached hydrogen (secondary N) is 2. The minimum Gasteiger partial charge on any atom is -0.316 e. The number of nitrogens with zero attached hydrogens (tertiary/aromatic N) is 1. The van der Waals surface area contributed by atoms with E-state index in [4.69, 9.17) is 0 Å². The van der Waals surface area contributed by atoms with Gasteiger partial charge in [0.05, 0.1) is 12.4 Å². The molecule has 96 valence electrons. The molecule has 2 bridgehead atoms. The van der Waals surface area contributed by atoms with Gasteiger partial charge in [0.15, 0.2) is 0 Å². The van der Waals surface area contributed by atoms with Gasteiger partial charge in [-0.3, -0.25) is 15.1 Å². The van der Waals surface area contributed by atoms with Gasteiger partial charge in [-0.15, -0.1) is 0 Å². The number of hydrogen-bond acceptors (Lipinski definition) is 3. The summed E-state index contributed by atoms with van der Waals surface area (Å²) >= 11 is 0. The molecule has 2 aliphatic heterocycles. The average Bonchev–Trinajstić information content (AvgIpc) is 2.48. The minimum atomic E-state index is -0.0538. The minimum absolute atomic E-state index is 0.0538. The summed E-state index contributed by atoms with van der Waals surface area (Å²) in [5, 5.41) is 6.12. The Morgan fingerprint density at radius 2 is 1.65 bits per heavy atom. The molecule has 17 heavy (non-hydrogen) atoms. The maximum Gasteiger partial charge on any atom is 0.242 e. The maximum atomic E-state index is 11.8. The van der Waals surface area contributed by atoms with E-state index >= 15 is 0 Å². The Bertz CT molecular complexity index is 278. The van der Waals surface area contributed by atoms with Crippen LogP contribution in [-0.2, 0) is 4.79 Å². The molecule has 4 heteroatoms. The first-order valence-corrected chi connectivity index (χ1v) is 6.94. The van der Waals surface area contributed by atoms with Crippen LogP contribution in [-0.4, -0.2) is 24.5 Å². The SMILES string of the molecule is O=C1NC=NC2CCCCCCCCCC1N2. The van der Waals surface area contributed by atoms with E-state index in [1.165, 1.54) is 38.5 Å². The fourth-order valence-electron chi connectivity index (χ4n) is 2.58. The molecule has 2 rings (SSSR count). The Balaban J connectivity index is 1.94. The summed E-state index contributed by atoms with van der Waals surface area (Å²) in [5.74, 6) is 0.0771. The molecule has 0 spiro atoms. The van der Waals surface area contributed by atoms with Gasteiger partial charge in [0.2, 0.25) is 5.91 Å². The lowest BCUT2D eigenvalue weighted by Crippen LogP contribution is -2.44. The second kappa shape index (κ2) is 6.74. The zero-order valence-corrected chi connectivity index (χ0v) is 10.5. The molecule has 0 aromatic rings. The van der Waals surface area contributed by atoms with Crippen LogP contribution in [0.5, 0.6) is 0 Å². The Hall–Kier alpha value is -0.900. The van der Waals surface area contributed by atoms with Gasteiger partial charge in [-0.05, 0) is 19.3 Å². The molecule has 1 saturated heterocycles. The van der Waals surface area contributed by atoms with E-state index < -0.39 is 0 Å². The van der Waals surface area contributed by atoms with Crippen molar-refractivity contribution in [1.29, 1.82) is 0 Å². The molecule has 2 atom stereocenters. The van der Waals surface area contributed by atoms with Gasteiger partial charge in [0.1, 0.15) is 6.17 Å². The lowest BCUT2D eigenvalue weighted by Gasteiger charge is -2.20. The highest BCUT2D eigenvalue weighted by atomic mass is 16.2.